The molecule has 0 bridgehead atoms. The maximum atomic E-state index is 10.5. The predicted octanol–water partition coefficient (Wildman–Crippen LogP) is 3.24. The Kier molecular flexibility index (Phi) is 4.79. The summed E-state index contributed by atoms with van der Waals surface area (Å²) >= 11 is 0. The Morgan fingerprint density at radius 1 is 0.727 bits per heavy atom. The van der Waals surface area contributed by atoms with E-state index in [2.05, 4.69) is 4.67 Å². The molecule has 0 spiro atoms. The van der Waals surface area contributed by atoms with E-state index in [1.807, 2.05) is 66.1 Å². The smallest absolute Gasteiger partial charge is 0.127 e. The van der Waals surface area contributed by atoms with Gasteiger partial charge in [0.25, 0.3) is 0 Å². The van der Waals surface area contributed by atoms with Crippen LogP contribution in [-0.2, 0) is 0 Å². The minimum absolute atomic E-state index is 0.323. The Morgan fingerprint density at radius 3 is 1.41 bits per heavy atom. The van der Waals surface area contributed by atoms with Crippen molar-refractivity contribution in [1.82, 2.24) is 4.67 Å². The van der Waals surface area contributed by atoms with Gasteiger partial charge in [-0.3, -0.25) is 4.67 Å². The number of phenols is 2. The second-order valence-electron chi connectivity index (χ2n) is 6.06. The van der Waals surface area contributed by atoms with Crippen molar-refractivity contribution in [2.45, 2.75) is 27.7 Å². The van der Waals surface area contributed by atoms with Crippen molar-refractivity contribution >= 4 is 18.7 Å². The van der Waals surface area contributed by atoms with Gasteiger partial charge in [0, 0.05) is 18.7 Å². The molecule has 0 saturated carbocycles. The minimum atomic E-state index is -0.983. The first-order valence-electron chi connectivity index (χ1n) is 7.30. The SMILES string of the molecule is Cc1cc(C)c(O)c(P(c2cc(C)cc(C)c2O)N(C)C)c1. The van der Waals surface area contributed by atoms with E-state index in [1.165, 1.54) is 0 Å². The molecular formula is C18H24NO2P. The number of phenolic OH excluding ortho intramolecular Hbond substituents is 2. The van der Waals surface area contributed by atoms with Gasteiger partial charge in [0.15, 0.2) is 0 Å². The molecule has 0 amide bonds. The number of hydrogen-bond donors (Lipinski definition) is 2. The Hall–Kier alpha value is -1.57. The summed E-state index contributed by atoms with van der Waals surface area (Å²) < 4.78 is 2.08. The fraction of sp³-hybridized carbons (Fsp3) is 0.333. The van der Waals surface area contributed by atoms with Crippen LogP contribution in [0, 0.1) is 27.7 Å². The van der Waals surface area contributed by atoms with Gasteiger partial charge in [-0.1, -0.05) is 12.1 Å². The van der Waals surface area contributed by atoms with E-state index in [9.17, 15) is 10.2 Å². The lowest BCUT2D eigenvalue weighted by atomic mass is 10.1. The standard InChI is InChI=1S/C18H24NO2P/c1-11-7-13(3)17(20)15(9-11)22(19(5)6)16-10-12(2)8-14(4)18(16)21/h7-10,20-21H,1-6H3. The number of aryl methyl sites for hydroxylation is 4. The first-order valence-corrected chi connectivity index (χ1v) is 8.59. The van der Waals surface area contributed by atoms with Gasteiger partial charge >= 0.3 is 0 Å². The van der Waals surface area contributed by atoms with Gasteiger partial charge in [0.1, 0.15) is 11.5 Å². The lowest BCUT2D eigenvalue weighted by molar-refractivity contribution is 0.473. The first-order chi connectivity index (χ1) is 10.2. The van der Waals surface area contributed by atoms with Crippen molar-refractivity contribution in [3.8, 4) is 11.5 Å². The van der Waals surface area contributed by atoms with E-state index < -0.39 is 8.07 Å². The molecule has 0 saturated heterocycles. The summed E-state index contributed by atoms with van der Waals surface area (Å²) in [5, 5.41) is 22.9. The molecule has 0 radical (unpaired) electrons. The summed E-state index contributed by atoms with van der Waals surface area (Å²) in [6.07, 6.45) is 0. The van der Waals surface area contributed by atoms with E-state index in [4.69, 9.17) is 0 Å². The Balaban J connectivity index is 2.73. The molecule has 2 aromatic rings. The van der Waals surface area contributed by atoms with Crippen LogP contribution < -0.4 is 10.6 Å². The number of rotatable bonds is 3. The first kappa shape index (κ1) is 16.8. The fourth-order valence-corrected chi connectivity index (χ4v) is 5.29. The van der Waals surface area contributed by atoms with Crippen molar-refractivity contribution in [3.05, 3.63) is 46.5 Å². The quantitative estimate of drug-likeness (QED) is 0.854. The second kappa shape index (κ2) is 6.28. The highest BCUT2D eigenvalue weighted by atomic mass is 31.1. The molecule has 2 rings (SSSR count). The van der Waals surface area contributed by atoms with Gasteiger partial charge in [-0.25, -0.2) is 0 Å². The maximum Gasteiger partial charge on any atom is 0.127 e. The molecule has 3 nitrogen and oxygen atoms in total. The van der Waals surface area contributed by atoms with Crippen LogP contribution >= 0.6 is 8.07 Å². The molecular weight excluding hydrogens is 293 g/mol. The van der Waals surface area contributed by atoms with Gasteiger partial charge in [-0.05, 0) is 76.2 Å². The molecule has 0 aliphatic carbocycles. The van der Waals surface area contributed by atoms with Crippen LogP contribution in [0.25, 0.3) is 0 Å². The molecule has 0 aromatic heterocycles. The number of nitrogens with zero attached hydrogens (tertiary/aromatic N) is 1. The van der Waals surface area contributed by atoms with Gasteiger partial charge in [-0.2, -0.15) is 0 Å². The van der Waals surface area contributed by atoms with Gasteiger partial charge in [0.05, 0.1) is 0 Å². The van der Waals surface area contributed by atoms with E-state index in [1.54, 1.807) is 0 Å². The zero-order chi connectivity index (χ0) is 16.6. The summed E-state index contributed by atoms with van der Waals surface area (Å²) in [7, 11) is 2.99. The summed E-state index contributed by atoms with van der Waals surface area (Å²) in [5.41, 5.74) is 3.97. The Bertz CT molecular complexity index is 653. The highest BCUT2D eigenvalue weighted by molar-refractivity contribution is 7.71. The van der Waals surface area contributed by atoms with Crippen LogP contribution in [0.15, 0.2) is 24.3 Å². The third-order valence-corrected chi connectivity index (χ3v) is 6.10. The lowest BCUT2D eigenvalue weighted by Gasteiger charge is -2.28. The molecule has 0 heterocycles. The van der Waals surface area contributed by atoms with E-state index in [0.717, 1.165) is 32.9 Å². The lowest BCUT2D eigenvalue weighted by Crippen LogP contribution is -2.24. The molecule has 0 fully saturated rings. The minimum Gasteiger partial charge on any atom is -0.507 e. The number of aromatic hydroxyl groups is 2. The van der Waals surface area contributed by atoms with E-state index >= 15 is 0 Å². The molecule has 2 aromatic carbocycles. The third-order valence-electron chi connectivity index (χ3n) is 3.71. The van der Waals surface area contributed by atoms with Crippen LogP contribution in [0.5, 0.6) is 11.5 Å². The van der Waals surface area contributed by atoms with Crippen molar-refractivity contribution < 1.29 is 10.2 Å². The second-order valence-corrected chi connectivity index (χ2v) is 8.45. The molecule has 0 aliphatic rings. The van der Waals surface area contributed by atoms with Gasteiger partial charge < -0.3 is 10.2 Å². The van der Waals surface area contributed by atoms with Crippen molar-refractivity contribution in [3.63, 3.8) is 0 Å². The monoisotopic (exact) mass is 317 g/mol. The van der Waals surface area contributed by atoms with Gasteiger partial charge in [-0.15, -0.1) is 0 Å². The zero-order valence-corrected chi connectivity index (χ0v) is 15.0. The number of benzene rings is 2. The fourth-order valence-electron chi connectivity index (χ4n) is 2.76. The van der Waals surface area contributed by atoms with Crippen LogP contribution in [0.2, 0.25) is 0 Å². The maximum absolute atomic E-state index is 10.5. The average Bonchev–Trinajstić information content (AvgIpc) is 2.40. The molecule has 2 N–H and O–H groups in total. The third kappa shape index (κ3) is 3.11. The summed E-state index contributed by atoms with van der Waals surface area (Å²) in [6, 6.07) is 7.99. The molecule has 0 aliphatic heterocycles. The van der Waals surface area contributed by atoms with Crippen molar-refractivity contribution in [2.24, 2.45) is 0 Å². The highest BCUT2D eigenvalue weighted by Crippen LogP contribution is 2.43. The van der Waals surface area contributed by atoms with E-state index in [-0.39, 0.29) is 0 Å². The Labute approximate surface area is 134 Å². The van der Waals surface area contributed by atoms with Crippen LogP contribution in [-0.4, -0.2) is 29.0 Å². The van der Waals surface area contributed by atoms with Crippen LogP contribution in [0.4, 0.5) is 0 Å². The van der Waals surface area contributed by atoms with Crippen LogP contribution in [0.1, 0.15) is 22.3 Å². The largest absolute Gasteiger partial charge is 0.507 e. The molecule has 118 valence electrons. The van der Waals surface area contributed by atoms with Crippen molar-refractivity contribution in [2.75, 3.05) is 14.1 Å². The number of hydrogen-bond acceptors (Lipinski definition) is 3. The van der Waals surface area contributed by atoms with Crippen LogP contribution in [0.3, 0.4) is 0 Å². The molecule has 0 unspecified atom stereocenters. The molecule has 4 heteroatoms. The van der Waals surface area contributed by atoms with Gasteiger partial charge in [0.2, 0.25) is 0 Å². The molecule has 22 heavy (non-hydrogen) atoms. The summed E-state index contributed by atoms with van der Waals surface area (Å²) in [6.45, 7) is 7.88. The molecule has 0 atom stereocenters. The Morgan fingerprint density at radius 2 is 1.09 bits per heavy atom. The summed E-state index contributed by atoms with van der Waals surface area (Å²) in [5.74, 6) is 0.646. The normalized spacial score (nSPS) is 11.5. The summed E-state index contributed by atoms with van der Waals surface area (Å²) in [4.78, 5) is 0. The topological polar surface area (TPSA) is 43.7 Å². The zero-order valence-electron chi connectivity index (χ0n) is 14.1. The van der Waals surface area contributed by atoms with Crippen molar-refractivity contribution in [1.29, 1.82) is 0 Å². The predicted molar refractivity (Wildman–Crippen MR) is 95.0 cm³/mol. The highest BCUT2D eigenvalue weighted by Gasteiger charge is 2.25. The van der Waals surface area contributed by atoms with E-state index in [0.29, 0.717) is 11.5 Å². The average molecular weight is 317 g/mol.